The average Bonchev–Trinajstić information content (AvgIpc) is 3.92. The fourth-order valence-corrected chi connectivity index (χ4v) is 9.13. The lowest BCUT2D eigenvalue weighted by Crippen LogP contribution is -2.56. The second-order valence-electron chi connectivity index (χ2n) is 20.1. The zero-order valence-corrected chi connectivity index (χ0v) is 46.6. The maximum atomic E-state index is 15.4. The van der Waals surface area contributed by atoms with Crippen LogP contribution in [0.25, 0.3) is 11.1 Å². The highest BCUT2D eigenvalue weighted by atomic mass is 32.2. The van der Waals surface area contributed by atoms with E-state index >= 15 is 4.39 Å². The monoisotopic (exact) mass is 1150 g/mol. The summed E-state index contributed by atoms with van der Waals surface area (Å²) in [5.74, 6) is -8.91. The van der Waals surface area contributed by atoms with Gasteiger partial charge in [-0.05, 0) is 67.5 Å². The Kier molecular flexibility index (Phi) is 25.8. The predicted molar refractivity (Wildman–Crippen MR) is 295 cm³/mol. The number of carboxylic acid groups (broad SMARTS) is 2. The number of aliphatic carboxylic acids is 2. The van der Waals surface area contributed by atoms with Gasteiger partial charge in [0.1, 0.15) is 42.4 Å². The van der Waals surface area contributed by atoms with Crippen molar-refractivity contribution in [1.82, 2.24) is 41.4 Å². The fraction of sp³-hybridized carbons (Fsp3) is 0.429. The number of halogens is 2. The Morgan fingerprint density at radius 2 is 1.37 bits per heavy atom. The Hall–Kier alpha value is -8.35. The van der Waals surface area contributed by atoms with Crippen molar-refractivity contribution in [3.8, 4) is 11.1 Å². The van der Waals surface area contributed by atoms with Crippen molar-refractivity contribution in [3.63, 3.8) is 0 Å². The maximum Gasteiger partial charge on any atom is 0.408 e. The van der Waals surface area contributed by atoms with Gasteiger partial charge in [-0.15, -0.1) is 0 Å². The topological polar surface area (TPSA) is 327 Å². The van der Waals surface area contributed by atoms with Gasteiger partial charge in [0.2, 0.25) is 41.4 Å². The number of nitrogens with zero attached hydrogens (tertiary/aromatic N) is 2. The molecule has 438 valence electrons. The Morgan fingerprint density at radius 1 is 0.728 bits per heavy atom. The Bertz CT molecular complexity index is 2830. The van der Waals surface area contributed by atoms with Crippen LogP contribution in [0.4, 0.5) is 13.6 Å². The van der Waals surface area contributed by atoms with Crippen LogP contribution in [-0.4, -0.2) is 134 Å². The summed E-state index contributed by atoms with van der Waals surface area (Å²) in [6.07, 6.45) is -0.892. The van der Waals surface area contributed by atoms with Crippen LogP contribution in [0.15, 0.2) is 91.1 Å². The smallest absolute Gasteiger partial charge is 0.408 e. The Labute approximate surface area is 472 Å². The molecule has 3 aromatic carbocycles. The van der Waals surface area contributed by atoms with Crippen LogP contribution >= 0.6 is 11.8 Å². The minimum absolute atomic E-state index is 0.00862. The molecule has 0 saturated heterocycles. The van der Waals surface area contributed by atoms with E-state index in [0.29, 0.717) is 11.3 Å². The minimum atomic E-state index is -1.49. The fourth-order valence-electron chi connectivity index (χ4n) is 8.31. The number of hydrogen-bond donors (Lipinski definition) is 9. The zero-order chi connectivity index (χ0) is 59.8. The molecule has 0 aliphatic heterocycles. The SMILES string of the molecule is C[C@H](NC(=O)OCc1ccccc1)C(=O)N[C@@H](C)C(=O)N[C@@H](CC(N)=O)C(=O)NCCCN(C(=O)CSCCC(=O)NCCC(=O)N[C@@H](CCC(=O)O)C(=O)O)[C@@H](c1cc(-c2cc(F)ccc2F)cn1Cc1ccccc1)C(C)(C)C. The highest BCUT2D eigenvalue weighted by Crippen LogP contribution is 2.41. The molecule has 0 saturated carbocycles. The summed E-state index contributed by atoms with van der Waals surface area (Å²) in [5.41, 5.74) is 7.18. The number of thioether (sulfide) groups is 1. The highest BCUT2D eigenvalue weighted by molar-refractivity contribution is 7.99. The maximum absolute atomic E-state index is 15.4. The first-order chi connectivity index (χ1) is 38.3. The molecule has 10 N–H and O–H groups in total. The van der Waals surface area contributed by atoms with E-state index in [1.54, 1.807) is 47.5 Å². The van der Waals surface area contributed by atoms with Crippen LogP contribution in [0, 0.1) is 17.0 Å². The summed E-state index contributed by atoms with van der Waals surface area (Å²) in [7, 11) is 0. The average molecular weight is 1150 g/mol. The number of nitrogens with two attached hydrogens (primary N) is 1. The molecule has 4 rings (SSSR count). The lowest BCUT2D eigenvalue weighted by molar-refractivity contribution is -0.143. The highest BCUT2D eigenvalue weighted by Gasteiger charge is 2.37. The normalized spacial score (nSPS) is 13.0. The number of aromatic nitrogens is 1. The standard InChI is InChI=1S/C56H71F2N9O13S/c1-34(62-51(74)35(2)63-55(79)80-32-37-15-10-7-11-16-37)52(75)65-43(29-45(59)68)53(76)61-23-12-25-67(48(71)33-81-26-22-46(69)60-24-21-47(70)64-42(54(77)78)19-20-49(72)73)50(56(3,4)5)44-27-38(40-28-39(57)17-18-41(40)58)31-66(44)30-36-13-8-6-9-14-36/h6-11,13-18,27-28,31,34-35,42-43,50H,12,19-26,29-30,32-33H2,1-5H3,(H2,59,68)(H,60,69)(H,61,76)(H,62,74)(H,63,79)(H,64,70)(H,65,75)(H,72,73)(H,77,78)/t34-,35-,42-,43-,50-/m0/s1. The number of primary amides is 1. The summed E-state index contributed by atoms with van der Waals surface area (Å²) >= 11 is 1.14. The largest absolute Gasteiger partial charge is 0.481 e. The lowest BCUT2D eigenvalue weighted by Gasteiger charge is -2.41. The molecule has 81 heavy (non-hydrogen) atoms. The molecule has 0 radical (unpaired) electrons. The molecule has 4 aromatic rings. The summed E-state index contributed by atoms with van der Waals surface area (Å²) in [6, 6.07) is 16.9. The second kappa shape index (κ2) is 32.0. The molecule has 0 bridgehead atoms. The summed E-state index contributed by atoms with van der Waals surface area (Å²) in [4.78, 5) is 128. The van der Waals surface area contributed by atoms with E-state index in [9.17, 15) is 57.4 Å². The molecule has 8 amide bonds. The van der Waals surface area contributed by atoms with Crippen LogP contribution in [0.5, 0.6) is 0 Å². The first-order valence-electron chi connectivity index (χ1n) is 26.0. The summed E-state index contributed by atoms with van der Waals surface area (Å²) in [5, 5.41) is 33.0. The van der Waals surface area contributed by atoms with E-state index < -0.39 is 119 Å². The number of amides is 8. The Balaban J connectivity index is 1.49. The zero-order valence-electron chi connectivity index (χ0n) is 45.8. The number of nitrogens with one attached hydrogen (secondary N) is 6. The first kappa shape index (κ1) is 65.2. The van der Waals surface area contributed by atoms with Crippen LogP contribution in [0.2, 0.25) is 0 Å². The van der Waals surface area contributed by atoms with E-state index in [4.69, 9.17) is 15.6 Å². The number of alkyl carbamates (subject to hydrolysis) is 1. The van der Waals surface area contributed by atoms with Crippen molar-refractivity contribution in [1.29, 1.82) is 0 Å². The van der Waals surface area contributed by atoms with Crippen LogP contribution < -0.4 is 37.6 Å². The van der Waals surface area contributed by atoms with E-state index in [2.05, 4.69) is 31.9 Å². The van der Waals surface area contributed by atoms with E-state index in [-0.39, 0.29) is 75.5 Å². The number of benzene rings is 3. The molecular weight excluding hydrogens is 1080 g/mol. The third kappa shape index (κ3) is 22.4. The molecule has 1 heterocycles. The van der Waals surface area contributed by atoms with Gasteiger partial charge in [-0.25, -0.2) is 18.4 Å². The number of carbonyl (C=O) groups excluding carboxylic acids is 8. The van der Waals surface area contributed by atoms with Crippen LogP contribution in [-0.2, 0) is 61.0 Å². The number of ether oxygens (including phenoxy) is 1. The van der Waals surface area contributed by atoms with Gasteiger partial charge in [0.15, 0.2) is 0 Å². The van der Waals surface area contributed by atoms with Gasteiger partial charge in [0.25, 0.3) is 0 Å². The van der Waals surface area contributed by atoms with Gasteiger partial charge in [-0.3, -0.25) is 38.4 Å². The first-order valence-corrected chi connectivity index (χ1v) is 27.2. The predicted octanol–water partition coefficient (Wildman–Crippen LogP) is 4.15. The van der Waals surface area contributed by atoms with Crippen molar-refractivity contribution in [3.05, 3.63) is 120 Å². The minimum Gasteiger partial charge on any atom is -0.481 e. The van der Waals surface area contributed by atoms with Gasteiger partial charge >= 0.3 is 18.0 Å². The number of rotatable bonds is 32. The Morgan fingerprint density at radius 3 is 2.00 bits per heavy atom. The molecule has 0 fully saturated rings. The van der Waals surface area contributed by atoms with Crippen molar-refractivity contribution in [2.24, 2.45) is 11.1 Å². The quantitative estimate of drug-likeness (QED) is 0.0311. The molecule has 5 atom stereocenters. The van der Waals surface area contributed by atoms with Gasteiger partial charge in [-0.1, -0.05) is 81.4 Å². The summed E-state index contributed by atoms with van der Waals surface area (Å²) in [6.45, 7) is 8.35. The number of carboxylic acids is 2. The van der Waals surface area contributed by atoms with Gasteiger partial charge in [0, 0.05) is 74.2 Å². The summed E-state index contributed by atoms with van der Waals surface area (Å²) < 4.78 is 37.1. The molecule has 22 nitrogen and oxygen atoms in total. The molecular formula is C56H71F2N9O13S. The van der Waals surface area contributed by atoms with Gasteiger partial charge in [0.05, 0.1) is 18.2 Å². The third-order valence-electron chi connectivity index (χ3n) is 12.4. The van der Waals surface area contributed by atoms with Gasteiger partial charge in [-0.2, -0.15) is 11.8 Å². The van der Waals surface area contributed by atoms with Crippen molar-refractivity contribution >= 4 is 71.1 Å². The second-order valence-corrected chi connectivity index (χ2v) is 21.2. The van der Waals surface area contributed by atoms with Crippen molar-refractivity contribution in [2.75, 3.05) is 31.1 Å². The van der Waals surface area contributed by atoms with Crippen molar-refractivity contribution in [2.45, 2.75) is 117 Å². The molecule has 0 aliphatic carbocycles. The molecule has 0 unspecified atom stereocenters. The van der Waals surface area contributed by atoms with E-state index in [1.807, 2.05) is 55.7 Å². The number of carbonyl (C=O) groups is 10. The molecule has 0 spiro atoms. The van der Waals surface area contributed by atoms with Crippen LogP contribution in [0.3, 0.4) is 0 Å². The van der Waals surface area contributed by atoms with Crippen LogP contribution in [0.1, 0.15) is 96.0 Å². The van der Waals surface area contributed by atoms with E-state index in [0.717, 1.165) is 41.1 Å². The van der Waals surface area contributed by atoms with Gasteiger partial charge < -0.3 is 62.1 Å². The lowest BCUT2D eigenvalue weighted by atomic mass is 9.83. The van der Waals surface area contributed by atoms with E-state index in [1.165, 1.54) is 13.8 Å². The third-order valence-corrected chi connectivity index (χ3v) is 13.3. The number of hydrogen-bond acceptors (Lipinski definition) is 12. The molecule has 25 heteroatoms. The molecule has 1 aromatic heterocycles. The van der Waals surface area contributed by atoms with Crippen molar-refractivity contribution < 1.29 is 71.7 Å². The molecule has 0 aliphatic rings.